The smallest absolute Gasteiger partial charge is 0.416 e. The van der Waals surface area contributed by atoms with Gasteiger partial charge in [-0.2, -0.15) is 13.2 Å². The largest absolute Gasteiger partial charge is 0.465 e. The Bertz CT molecular complexity index is 855. The molecule has 0 aliphatic rings. The van der Waals surface area contributed by atoms with Crippen LogP contribution in [0.4, 0.5) is 19.0 Å². The first-order valence-electron chi connectivity index (χ1n) is 6.41. The van der Waals surface area contributed by atoms with Crippen molar-refractivity contribution >= 4 is 23.4 Å². The van der Waals surface area contributed by atoms with Gasteiger partial charge in [0.1, 0.15) is 12.1 Å². The summed E-state index contributed by atoms with van der Waals surface area (Å²) < 4.78 is 43.7. The first kappa shape index (κ1) is 17.8. The molecule has 2 N–H and O–H groups in total. The van der Waals surface area contributed by atoms with Crippen LogP contribution in [-0.4, -0.2) is 22.6 Å². The molecule has 128 valence electrons. The summed E-state index contributed by atoms with van der Waals surface area (Å²) in [4.78, 5) is 27.8. The number of anilines is 1. The standard InChI is InChI=1S/C14H11ClF3N3O3/c1-6-3-7(14(16,17)18)4-8(15)10(6)21-5-20-11(19)9(12(21)22)13(23)24-2/h3-5H,19H2,1-2H3. The summed E-state index contributed by atoms with van der Waals surface area (Å²) in [6, 6.07) is 1.52. The molecule has 0 saturated heterocycles. The van der Waals surface area contributed by atoms with Crippen LogP contribution in [0.15, 0.2) is 23.3 Å². The number of ether oxygens (including phenoxy) is 1. The van der Waals surface area contributed by atoms with Gasteiger partial charge in [-0.25, -0.2) is 9.78 Å². The number of nitrogen functional groups attached to an aromatic ring is 1. The van der Waals surface area contributed by atoms with Gasteiger partial charge in [-0.15, -0.1) is 0 Å². The Labute approximate surface area is 138 Å². The maximum atomic E-state index is 12.8. The molecule has 0 bridgehead atoms. The second-order valence-corrected chi connectivity index (χ2v) is 5.20. The van der Waals surface area contributed by atoms with Gasteiger partial charge < -0.3 is 10.5 Å². The number of hydrogen-bond acceptors (Lipinski definition) is 5. The van der Waals surface area contributed by atoms with Crippen molar-refractivity contribution in [2.45, 2.75) is 13.1 Å². The van der Waals surface area contributed by atoms with Crippen molar-refractivity contribution in [3.63, 3.8) is 0 Å². The number of aryl methyl sites for hydroxylation is 1. The topological polar surface area (TPSA) is 87.2 Å². The number of nitrogens with two attached hydrogens (primary N) is 1. The van der Waals surface area contributed by atoms with E-state index in [4.69, 9.17) is 17.3 Å². The predicted octanol–water partition coefficient (Wildman–Crippen LogP) is 2.58. The molecule has 0 spiro atoms. The van der Waals surface area contributed by atoms with E-state index in [0.29, 0.717) is 6.07 Å². The van der Waals surface area contributed by atoms with Crippen LogP contribution in [0.3, 0.4) is 0 Å². The van der Waals surface area contributed by atoms with Crippen molar-refractivity contribution < 1.29 is 22.7 Å². The van der Waals surface area contributed by atoms with Crippen LogP contribution >= 0.6 is 11.6 Å². The fraction of sp³-hybridized carbons (Fsp3) is 0.214. The molecule has 2 aromatic rings. The van der Waals surface area contributed by atoms with Crippen LogP contribution in [0.25, 0.3) is 5.69 Å². The third-order valence-corrected chi connectivity index (χ3v) is 3.50. The van der Waals surface area contributed by atoms with Gasteiger partial charge in [0.2, 0.25) is 0 Å². The molecule has 0 atom stereocenters. The van der Waals surface area contributed by atoms with Crippen molar-refractivity contribution in [2.24, 2.45) is 0 Å². The molecule has 1 aromatic heterocycles. The molecule has 0 saturated carbocycles. The van der Waals surface area contributed by atoms with Gasteiger partial charge in [0.25, 0.3) is 5.56 Å². The number of benzene rings is 1. The Morgan fingerprint density at radius 2 is 2.00 bits per heavy atom. The minimum atomic E-state index is -4.59. The molecule has 10 heteroatoms. The summed E-state index contributed by atoms with van der Waals surface area (Å²) >= 11 is 5.92. The molecule has 2 rings (SSSR count). The lowest BCUT2D eigenvalue weighted by Crippen LogP contribution is -2.29. The number of aromatic nitrogens is 2. The Kier molecular flexibility index (Phi) is 4.57. The van der Waals surface area contributed by atoms with Gasteiger partial charge >= 0.3 is 12.1 Å². The van der Waals surface area contributed by atoms with Crippen LogP contribution in [0, 0.1) is 6.92 Å². The average molecular weight is 362 g/mol. The Morgan fingerprint density at radius 1 is 1.38 bits per heavy atom. The molecule has 1 heterocycles. The predicted molar refractivity (Wildman–Crippen MR) is 80.3 cm³/mol. The highest BCUT2D eigenvalue weighted by Crippen LogP contribution is 2.34. The summed E-state index contributed by atoms with van der Waals surface area (Å²) in [7, 11) is 1.05. The maximum Gasteiger partial charge on any atom is 0.416 e. The molecule has 0 fully saturated rings. The van der Waals surface area contributed by atoms with Crippen LogP contribution in [-0.2, 0) is 10.9 Å². The van der Waals surface area contributed by atoms with E-state index < -0.39 is 28.8 Å². The van der Waals surface area contributed by atoms with E-state index in [0.717, 1.165) is 24.1 Å². The number of rotatable bonds is 2. The maximum absolute atomic E-state index is 12.8. The van der Waals surface area contributed by atoms with Gasteiger partial charge in [-0.05, 0) is 24.6 Å². The third-order valence-electron chi connectivity index (χ3n) is 3.21. The monoisotopic (exact) mass is 361 g/mol. The highest BCUT2D eigenvalue weighted by Gasteiger charge is 2.32. The second kappa shape index (κ2) is 6.16. The minimum Gasteiger partial charge on any atom is -0.465 e. The van der Waals surface area contributed by atoms with Crippen molar-refractivity contribution in [3.8, 4) is 5.69 Å². The number of esters is 1. The molecule has 1 aromatic carbocycles. The SMILES string of the molecule is COC(=O)c1c(N)ncn(-c2c(C)cc(C(F)(F)F)cc2Cl)c1=O. The lowest BCUT2D eigenvalue weighted by atomic mass is 10.1. The Morgan fingerprint density at radius 3 is 2.50 bits per heavy atom. The number of alkyl halides is 3. The molecule has 0 amide bonds. The van der Waals surface area contributed by atoms with Crippen molar-refractivity contribution in [3.05, 3.63) is 50.5 Å². The summed E-state index contributed by atoms with van der Waals surface area (Å²) in [5.41, 5.74) is 3.13. The number of nitrogens with zero attached hydrogens (tertiary/aromatic N) is 2. The van der Waals surface area contributed by atoms with Crippen molar-refractivity contribution in [2.75, 3.05) is 12.8 Å². The van der Waals surface area contributed by atoms with Crippen LogP contribution in [0.1, 0.15) is 21.5 Å². The van der Waals surface area contributed by atoms with E-state index in [9.17, 15) is 22.8 Å². The molecular formula is C14H11ClF3N3O3. The zero-order valence-corrected chi connectivity index (χ0v) is 13.2. The molecule has 0 aliphatic carbocycles. The Hall–Kier alpha value is -2.55. The first-order chi connectivity index (χ1) is 11.1. The van der Waals surface area contributed by atoms with Crippen molar-refractivity contribution in [1.82, 2.24) is 9.55 Å². The summed E-state index contributed by atoms with van der Waals surface area (Å²) in [6.45, 7) is 1.34. The summed E-state index contributed by atoms with van der Waals surface area (Å²) in [6.07, 6.45) is -3.61. The zero-order chi connectivity index (χ0) is 18.2. The molecule has 0 radical (unpaired) electrons. The van der Waals surface area contributed by atoms with E-state index in [2.05, 4.69) is 9.72 Å². The van der Waals surface area contributed by atoms with E-state index in [1.165, 1.54) is 6.92 Å². The summed E-state index contributed by atoms with van der Waals surface area (Å²) in [5, 5.41) is -0.327. The Balaban J connectivity index is 2.75. The van der Waals surface area contributed by atoms with Gasteiger partial charge in [0.15, 0.2) is 5.56 Å². The number of halogens is 4. The molecular weight excluding hydrogens is 351 g/mol. The third kappa shape index (κ3) is 3.07. The van der Waals surface area contributed by atoms with E-state index >= 15 is 0 Å². The van der Waals surface area contributed by atoms with Crippen LogP contribution in [0.5, 0.6) is 0 Å². The van der Waals surface area contributed by atoms with Crippen molar-refractivity contribution in [1.29, 1.82) is 0 Å². The molecule has 0 aliphatic heterocycles. The molecule has 6 nitrogen and oxygen atoms in total. The quantitative estimate of drug-likeness (QED) is 0.831. The number of hydrogen-bond donors (Lipinski definition) is 1. The molecule has 0 unspecified atom stereocenters. The fourth-order valence-electron chi connectivity index (χ4n) is 2.13. The van der Waals surface area contributed by atoms with Gasteiger partial charge in [0.05, 0.1) is 23.4 Å². The minimum absolute atomic E-state index is 0.0349. The van der Waals surface area contributed by atoms with E-state index in [1.54, 1.807) is 0 Å². The zero-order valence-electron chi connectivity index (χ0n) is 12.4. The molecule has 24 heavy (non-hydrogen) atoms. The fourth-order valence-corrected chi connectivity index (χ4v) is 2.48. The number of methoxy groups -OCH3 is 1. The average Bonchev–Trinajstić information content (AvgIpc) is 2.47. The van der Waals surface area contributed by atoms with Crippen LogP contribution in [0.2, 0.25) is 5.02 Å². The normalized spacial score (nSPS) is 11.4. The summed E-state index contributed by atoms with van der Waals surface area (Å²) in [5.74, 6) is -1.37. The van der Waals surface area contributed by atoms with E-state index in [-0.39, 0.29) is 22.1 Å². The highest BCUT2D eigenvalue weighted by molar-refractivity contribution is 6.32. The van der Waals surface area contributed by atoms with Gasteiger partial charge in [-0.1, -0.05) is 11.6 Å². The second-order valence-electron chi connectivity index (χ2n) is 4.79. The highest BCUT2D eigenvalue weighted by atomic mass is 35.5. The van der Waals surface area contributed by atoms with E-state index in [1.807, 2.05) is 0 Å². The van der Waals surface area contributed by atoms with Gasteiger partial charge in [-0.3, -0.25) is 9.36 Å². The number of carbonyl (C=O) groups excluding carboxylic acids is 1. The number of carbonyl (C=O) groups is 1. The lowest BCUT2D eigenvalue weighted by Gasteiger charge is -2.15. The lowest BCUT2D eigenvalue weighted by molar-refractivity contribution is -0.137. The van der Waals surface area contributed by atoms with Gasteiger partial charge in [0, 0.05) is 0 Å². The first-order valence-corrected chi connectivity index (χ1v) is 6.79. The van der Waals surface area contributed by atoms with Crippen LogP contribution < -0.4 is 11.3 Å².